The number of methoxy groups -OCH3 is 1. The summed E-state index contributed by atoms with van der Waals surface area (Å²) in [6, 6.07) is 0. The molecule has 0 bridgehead atoms. The molecular formula is C4H6O4. The molecule has 1 unspecified atom stereocenters. The van der Waals surface area contributed by atoms with Crippen LogP contribution in [-0.2, 0) is 14.3 Å². The van der Waals surface area contributed by atoms with Gasteiger partial charge in [0.05, 0.1) is 0 Å². The largest absolute Gasteiger partial charge is 0.477 e. The predicted molar refractivity (Wildman–Crippen MR) is 23.3 cm³/mol. The van der Waals surface area contributed by atoms with E-state index < -0.39 is 11.8 Å². The van der Waals surface area contributed by atoms with Crippen molar-refractivity contribution < 1.29 is 19.4 Å². The molecule has 0 amide bonds. The van der Waals surface area contributed by atoms with Crippen molar-refractivity contribution in [1.29, 1.82) is 0 Å². The van der Waals surface area contributed by atoms with E-state index in [1.165, 1.54) is 7.11 Å². The Balaban J connectivity index is 2.53. The van der Waals surface area contributed by atoms with Gasteiger partial charge in [0.25, 0.3) is 5.79 Å². The van der Waals surface area contributed by atoms with E-state index in [1.807, 2.05) is 0 Å². The maximum atomic E-state index is 10.1. The third-order valence-electron chi connectivity index (χ3n) is 1.06. The first-order chi connectivity index (χ1) is 3.71. The van der Waals surface area contributed by atoms with Gasteiger partial charge in [-0.15, -0.1) is 0 Å². The zero-order chi connectivity index (χ0) is 6.20. The number of epoxide rings is 1. The summed E-state index contributed by atoms with van der Waals surface area (Å²) < 4.78 is 8.97. The van der Waals surface area contributed by atoms with E-state index in [0.717, 1.165) is 0 Å². The topological polar surface area (TPSA) is 59.1 Å². The molecule has 0 aromatic carbocycles. The summed E-state index contributed by atoms with van der Waals surface area (Å²) in [6.07, 6.45) is 0. The lowest BCUT2D eigenvalue weighted by Gasteiger charge is -1.99. The molecule has 46 valence electrons. The standard InChI is InChI=1S/C4H6O4/c1-7-4(2-8-4)3(5)6/h2H2,1H3,(H,5,6). The Kier molecular flexibility index (Phi) is 0.988. The van der Waals surface area contributed by atoms with Crippen LogP contribution in [0.15, 0.2) is 0 Å². The highest BCUT2D eigenvalue weighted by molar-refractivity contribution is 5.78. The molecule has 0 radical (unpaired) electrons. The van der Waals surface area contributed by atoms with Gasteiger partial charge in [0.15, 0.2) is 0 Å². The minimum Gasteiger partial charge on any atom is -0.477 e. The first kappa shape index (κ1) is 5.53. The van der Waals surface area contributed by atoms with Crippen LogP contribution in [-0.4, -0.2) is 30.6 Å². The van der Waals surface area contributed by atoms with Crippen LogP contribution >= 0.6 is 0 Å². The summed E-state index contributed by atoms with van der Waals surface area (Å²) in [5.74, 6) is -2.35. The molecule has 0 spiro atoms. The zero-order valence-corrected chi connectivity index (χ0v) is 4.38. The van der Waals surface area contributed by atoms with E-state index in [0.29, 0.717) is 0 Å². The Hall–Kier alpha value is -0.610. The van der Waals surface area contributed by atoms with Crippen LogP contribution in [0, 0.1) is 0 Å². The van der Waals surface area contributed by atoms with Crippen LogP contribution in [0.3, 0.4) is 0 Å². The summed E-state index contributed by atoms with van der Waals surface area (Å²) in [7, 11) is 1.31. The zero-order valence-electron chi connectivity index (χ0n) is 4.38. The molecule has 1 rings (SSSR count). The number of hydrogen-bond donors (Lipinski definition) is 1. The van der Waals surface area contributed by atoms with Crippen LogP contribution < -0.4 is 0 Å². The Labute approximate surface area is 46.0 Å². The molecule has 4 heteroatoms. The van der Waals surface area contributed by atoms with E-state index in [1.54, 1.807) is 0 Å². The second-order valence-corrected chi connectivity index (χ2v) is 1.55. The minimum atomic E-state index is -1.29. The number of carbonyl (C=O) groups is 1. The van der Waals surface area contributed by atoms with Crippen molar-refractivity contribution in [2.45, 2.75) is 5.79 Å². The van der Waals surface area contributed by atoms with E-state index >= 15 is 0 Å². The van der Waals surface area contributed by atoms with Crippen LogP contribution in [0.5, 0.6) is 0 Å². The Morgan fingerprint density at radius 2 is 2.50 bits per heavy atom. The van der Waals surface area contributed by atoms with Gasteiger partial charge in [0.2, 0.25) is 0 Å². The maximum Gasteiger partial charge on any atom is 0.367 e. The van der Waals surface area contributed by atoms with Crippen molar-refractivity contribution in [2.24, 2.45) is 0 Å². The third kappa shape index (κ3) is 0.579. The molecule has 8 heavy (non-hydrogen) atoms. The SMILES string of the molecule is COC1(C(=O)O)CO1. The molecule has 1 atom stereocenters. The lowest BCUT2D eigenvalue weighted by molar-refractivity contribution is -0.160. The van der Waals surface area contributed by atoms with Crippen molar-refractivity contribution in [3.8, 4) is 0 Å². The average Bonchev–Trinajstić information content (AvgIpc) is 2.44. The van der Waals surface area contributed by atoms with Gasteiger partial charge in [-0.1, -0.05) is 0 Å². The monoisotopic (exact) mass is 118 g/mol. The molecule has 1 saturated heterocycles. The molecular weight excluding hydrogens is 112 g/mol. The quantitative estimate of drug-likeness (QED) is 0.494. The smallest absolute Gasteiger partial charge is 0.367 e. The fourth-order valence-corrected chi connectivity index (χ4v) is 0.394. The molecule has 1 fully saturated rings. The Bertz CT molecular complexity index is 115. The second-order valence-electron chi connectivity index (χ2n) is 1.55. The molecule has 0 aromatic heterocycles. The van der Waals surface area contributed by atoms with Gasteiger partial charge in [-0.25, -0.2) is 4.79 Å². The van der Waals surface area contributed by atoms with Gasteiger partial charge in [-0.05, 0) is 0 Å². The van der Waals surface area contributed by atoms with Crippen molar-refractivity contribution in [2.75, 3.05) is 13.7 Å². The Morgan fingerprint density at radius 1 is 2.00 bits per heavy atom. The fraction of sp³-hybridized carbons (Fsp3) is 0.750. The summed E-state index contributed by atoms with van der Waals surface area (Å²) in [4.78, 5) is 10.1. The van der Waals surface area contributed by atoms with Gasteiger partial charge in [-0.2, -0.15) is 0 Å². The van der Waals surface area contributed by atoms with Crippen LogP contribution in [0.2, 0.25) is 0 Å². The first-order valence-corrected chi connectivity index (χ1v) is 2.14. The number of ether oxygens (including phenoxy) is 2. The van der Waals surface area contributed by atoms with E-state index in [4.69, 9.17) is 5.11 Å². The number of rotatable bonds is 2. The van der Waals surface area contributed by atoms with Gasteiger partial charge in [0.1, 0.15) is 6.61 Å². The normalized spacial score (nSPS) is 34.6. The second kappa shape index (κ2) is 1.43. The number of carboxylic acid groups (broad SMARTS) is 1. The molecule has 1 N–H and O–H groups in total. The summed E-state index contributed by atoms with van der Waals surface area (Å²) in [5, 5.41) is 8.25. The molecule has 1 aliphatic rings. The van der Waals surface area contributed by atoms with Gasteiger partial charge < -0.3 is 14.6 Å². The summed E-state index contributed by atoms with van der Waals surface area (Å²) in [5.41, 5.74) is 0. The molecule has 1 aliphatic heterocycles. The van der Waals surface area contributed by atoms with Crippen molar-refractivity contribution >= 4 is 5.97 Å². The molecule has 0 aliphatic carbocycles. The summed E-state index contributed by atoms with van der Waals surface area (Å²) in [6.45, 7) is 0.166. The van der Waals surface area contributed by atoms with Gasteiger partial charge in [0, 0.05) is 7.11 Å². The Morgan fingerprint density at radius 3 is 2.50 bits per heavy atom. The molecule has 0 aromatic rings. The molecule has 1 heterocycles. The van der Waals surface area contributed by atoms with E-state index in [9.17, 15) is 4.79 Å². The van der Waals surface area contributed by atoms with E-state index in [2.05, 4.69) is 9.47 Å². The number of hydrogen-bond acceptors (Lipinski definition) is 3. The molecule has 4 nitrogen and oxygen atoms in total. The van der Waals surface area contributed by atoms with Crippen LogP contribution in [0.25, 0.3) is 0 Å². The first-order valence-electron chi connectivity index (χ1n) is 2.14. The number of aliphatic carboxylic acids is 1. The predicted octanol–water partition coefficient (Wildman–Crippen LogP) is -0.556. The highest BCUT2D eigenvalue weighted by Crippen LogP contribution is 2.26. The third-order valence-corrected chi connectivity index (χ3v) is 1.06. The maximum absolute atomic E-state index is 10.1. The van der Waals surface area contributed by atoms with Crippen molar-refractivity contribution in [3.05, 3.63) is 0 Å². The highest BCUT2D eigenvalue weighted by Gasteiger charge is 2.53. The van der Waals surface area contributed by atoms with Crippen LogP contribution in [0.4, 0.5) is 0 Å². The summed E-state index contributed by atoms with van der Waals surface area (Å²) >= 11 is 0. The van der Waals surface area contributed by atoms with Gasteiger partial charge in [-0.3, -0.25) is 0 Å². The van der Waals surface area contributed by atoms with Crippen LogP contribution in [0.1, 0.15) is 0 Å². The fourth-order valence-electron chi connectivity index (χ4n) is 0.394. The minimum absolute atomic E-state index is 0.166. The average molecular weight is 118 g/mol. The van der Waals surface area contributed by atoms with Gasteiger partial charge >= 0.3 is 5.97 Å². The lowest BCUT2D eigenvalue weighted by atomic mass is 10.4. The number of carboxylic acids is 1. The van der Waals surface area contributed by atoms with Crippen molar-refractivity contribution in [1.82, 2.24) is 0 Å². The molecule has 0 saturated carbocycles. The van der Waals surface area contributed by atoms with E-state index in [-0.39, 0.29) is 6.61 Å². The highest BCUT2D eigenvalue weighted by atomic mass is 16.8. The lowest BCUT2D eigenvalue weighted by Crippen LogP contribution is -2.25. The van der Waals surface area contributed by atoms with Crippen molar-refractivity contribution in [3.63, 3.8) is 0 Å².